The highest BCUT2D eigenvalue weighted by Gasteiger charge is 2.39. The zero-order valence-electron chi connectivity index (χ0n) is 13.3. The molecule has 1 aromatic carbocycles. The molecule has 0 N–H and O–H groups in total. The third kappa shape index (κ3) is 2.53. The third-order valence-electron chi connectivity index (χ3n) is 5.20. The van der Waals surface area contributed by atoms with E-state index in [-0.39, 0.29) is 22.4 Å². The highest BCUT2D eigenvalue weighted by Crippen LogP contribution is 2.39. The second-order valence-electron chi connectivity index (χ2n) is 6.62. The van der Waals surface area contributed by atoms with Crippen LogP contribution < -0.4 is 0 Å². The second-order valence-corrected chi connectivity index (χ2v) is 7.71. The van der Waals surface area contributed by atoms with Gasteiger partial charge in [-0.3, -0.25) is 9.88 Å². The van der Waals surface area contributed by atoms with Gasteiger partial charge >= 0.3 is 0 Å². The number of rotatable bonds is 2. The number of benzene rings is 1. The van der Waals surface area contributed by atoms with Crippen LogP contribution in [0.4, 0.5) is 0 Å². The van der Waals surface area contributed by atoms with Gasteiger partial charge in [-0.05, 0) is 42.1 Å². The molecule has 24 heavy (non-hydrogen) atoms. The summed E-state index contributed by atoms with van der Waals surface area (Å²) in [7, 11) is 0. The van der Waals surface area contributed by atoms with Crippen LogP contribution in [0.15, 0.2) is 60.8 Å². The molecule has 0 amide bonds. The van der Waals surface area contributed by atoms with E-state index in [4.69, 9.17) is 4.98 Å². The highest BCUT2D eigenvalue weighted by atomic mass is 79.9. The van der Waals surface area contributed by atoms with E-state index in [0.29, 0.717) is 0 Å². The van der Waals surface area contributed by atoms with Crippen LogP contribution in [0.3, 0.4) is 0 Å². The number of hydrogen-bond acceptors (Lipinski definition) is 3. The summed E-state index contributed by atoms with van der Waals surface area (Å²) in [5.74, 6) is 0. The molecule has 2 aliphatic rings. The molecule has 0 aliphatic carbocycles. The van der Waals surface area contributed by atoms with Gasteiger partial charge in [0.25, 0.3) is 0 Å². The first-order valence-electron chi connectivity index (χ1n) is 8.18. The lowest BCUT2D eigenvalue weighted by Crippen LogP contribution is -2.33. The van der Waals surface area contributed by atoms with Gasteiger partial charge in [0, 0.05) is 29.4 Å². The van der Waals surface area contributed by atoms with Crippen molar-refractivity contribution in [3.63, 3.8) is 0 Å². The highest BCUT2D eigenvalue weighted by molar-refractivity contribution is 8.93. The molecule has 2 unspecified atom stereocenters. The summed E-state index contributed by atoms with van der Waals surface area (Å²) < 4.78 is 1.33. The first kappa shape index (κ1) is 16.0. The summed E-state index contributed by atoms with van der Waals surface area (Å²) in [4.78, 5) is 8.57. The van der Waals surface area contributed by atoms with Crippen molar-refractivity contribution in [3.05, 3.63) is 66.4 Å². The van der Waals surface area contributed by atoms with Crippen molar-refractivity contribution in [1.29, 1.82) is 0 Å². The molecule has 3 aromatic rings. The van der Waals surface area contributed by atoms with Crippen molar-refractivity contribution in [2.75, 3.05) is 19.6 Å². The lowest BCUT2D eigenvalue weighted by atomic mass is 9.79. The lowest BCUT2D eigenvalue weighted by Gasteiger charge is -2.29. The zero-order chi connectivity index (χ0) is 15.3. The van der Waals surface area contributed by atoms with Crippen LogP contribution in [0.1, 0.15) is 12.0 Å². The van der Waals surface area contributed by atoms with Crippen LogP contribution in [0, 0.1) is 0 Å². The lowest BCUT2D eigenvalue weighted by molar-refractivity contribution is 0.345. The van der Waals surface area contributed by atoms with Gasteiger partial charge in [0.2, 0.25) is 0 Å². The predicted molar refractivity (Wildman–Crippen MR) is 107 cm³/mol. The fraction of sp³-hybridized carbons (Fsp3) is 0.250. The Morgan fingerprint density at radius 3 is 2.88 bits per heavy atom. The zero-order valence-corrected chi connectivity index (χ0v) is 15.8. The molecule has 2 atom stereocenters. The van der Waals surface area contributed by atoms with Gasteiger partial charge in [-0.1, -0.05) is 36.4 Å². The summed E-state index contributed by atoms with van der Waals surface area (Å²) in [5.41, 5.74) is 2.64. The Kier molecular flexibility index (Phi) is 4.07. The minimum Gasteiger partial charge on any atom is -0.298 e. The van der Waals surface area contributed by atoms with E-state index in [2.05, 4.69) is 65.7 Å². The molecule has 0 radical (unpaired) electrons. The van der Waals surface area contributed by atoms with Crippen LogP contribution in [-0.2, 0) is 5.41 Å². The van der Waals surface area contributed by atoms with Crippen molar-refractivity contribution < 1.29 is 0 Å². The Morgan fingerprint density at radius 1 is 1.12 bits per heavy atom. The number of pyridine rings is 1. The van der Waals surface area contributed by atoms with Gasteiger partial charge in [-0.25, -0.2) is 0 Å². The Morgan fingerprint density at radius 2 is 2.04 bits per heavy atom. The number of aromatic nitrogens is 1. The van der Waals surface area contributed by atoms with Crippen LogP contribution in [0.2, 0.25) is 0 Å². The molecule has 2 nitrogen and oxygen atoms in total. The predicted octanol–water partition coefficient (Wildman–Crippen LogP) is 5.05. The summed E-state index contributed by atoms with van der Waals surface area (Å²) in [6.45, 7) is 3.45. The first-order chi connectivity index (χ1) is 11.3. The summed E-state index contributed by atoms with van der Waals surface area (Å²) in [6.07, 6.45) is 8.04. The molecule has 4 heteroatoms. The van der Waals surface area contributed by atoms with Crippen LogP contribution in [0.5, 0.6) is 0 Å². The quantitative estimate of drug-likeness (QED) is 0.561. The molecular formula is C20H19BrN2S. The molecule has 2 aliphatic heterocycles. The van der Waals surface area contributed by atoms with E-state index >= 15 is 0 Å². The molecule has 5 rings (SSSR count). The minimum atomic E-state index is 0. The Balaban J connectivity index is 0.00000146. The number of fused-ring (bicyclic) bond motifs is 3. The van der Waals surface area contributed by atoms with Crippen molar-refractivity contribution in [3.8, 4) is 10.6 Å². The van der Waals surface area contributed by atoms with E-state index in [0.717, 1.165) is 18.8 Å². The van der Waals surface area contributed by atoms with Gasteiger partial charge in [-0.15, -0.1) is 28.3 Å². The average molecular weight is 399 g/mol. The Labute approximate surface area is 156 Å². The Bertz CT molecular complexity index is 866. The number of halogens is 1. The summed E-state index contributed by atoms with van der Waals surface area (Å²) >= 11 is 1.82. The van der Waals surface area contributed by atoms with E-state index in [1.165, 1.54) is 33.5 Å². The molecule has 1 fully saturated rings. The monoisotopic (exact) mass is 398 g/mol. The Hall–Kier alpha value is -1.49. The average Bonchev–Trinajstić information content (AvgIpc) is 3.16. The van der Waals surface area contributed by atoms with E-state index in [1.807, 2.05) is 11.3 Å². The van der Waals surface area contributed by atoms with E-state index < -0.39 is 0 Å². The largest absolute Gasteiger partial charge is 0.298 e. The fourth-order valence-corrected chi connectivity index (χ4v) is 4.95. The molecule has 1 saturated heterocycles. The number of nitrogens with zero attached hydrogens (tertiary/aromatic N) is 2. The molecule has 4 heterocycles. The SMILES string of the molecule is Br.C1=CC2(c3ccc(-c4cc5ccccc5s4)nc3)CCN(C1)C2. The van der Waals surface area contributed by atoms with Crippen molar-refractivity contribution in [2.45, 2.75) is 11.8 Å². The van der Waals surface area contributed by atoms with Crippen LogP contribution >= 0.6 is 28.3 Å². The van der Waals surface area contributed by atoms with Crippen molar-refractivity contribution >= 4 is 38.4 Å². The van der Waals surface area contributed by atoms with E-state index in [1.54, 1.807) is 0 Å². The molecule has 0 spiro atoms. The summed E-state index contributed by atoms with van der Waals surface area (Å²) in [5, 5.41) is 1.30. The van der Waals surface area contributed by atoms with Crippen LogP contribution in [-0.4, -0.2) is 29.5 Å². The minimum absolute atomic E-state index is 0. The van der Waals surface area contributed by atoms with Crippen molar-refractivity contribution in [1.82, 2.24) is 9.88 Å². The topological polar surface area (TPSA) is 16.1 Å². The normalized spacial score (nSPS) is 24.9. The van der Waals surface area contributed by atoms with Gasteiger partial charge < -0.3 is 0 Å². The smallest absolute Gasteiger partial charge is 0.0802 e. The van der Waals surface area contributed by atoms with Crippen molar-refractivity contribution in [2.24, 2.45) is 0 Å². The third-order valence-corrected chi connectivity index (χ3v) is 6.34. The standard InChI is InChI=1S/C20H18N2S.BrH/c1-2-5-18-15(4-1)12-19(23-18)17-7-6-16(13-21-17)20-8-3-10-22(14-20)11-9-20;/h1-8,12-13H,9-11,14H2;1H. The molecule has 122 valence electrons. The first-order valence-corrected chi connectivity index (χ1v) is 9.00. The molecule has 0 saturated carbocycles. The fourth-order valence-electron chi connectivity index (χ4n) is 3.91. The number of hydrogen-bond donors (Lipinski definition) is 0. The number of thiophene rings is 1. The maximum Gasteiger partial charge on any atom is 0.0802 e. The van der Waals surface area contributed by atoms with Gasteiger partial charge in [0.05, 0.1) is 10.6 Å². The molecule has 2 bridgehead atoms. The van der Waals surface area contributed by atoms with Gasteiger partial charge in [0.1, 0.15) is 0 Å². The summed E-state index contributed by atoms with van der Waals surface area (Å²) in [6, 6.07) is 15.3. The van der Waals surface area contributed by atoms with Gasteiger partial charge in [0.15, 0.2) is 0 Å². The van der Waals surface area contributed by atoms with E-state index in [9.17, 15) is 0 Å². The molecule has 2 aromatic heterocycles. The second kappa shape index (κ2) is 6.10. The molecular weight excluding hydrogens is 380 g/mol. The van der Waals surface area contributed by atoms with Crippen LogP contribution in [0.25, 0.3) is 20.7 Å². The maximum atomic E-state index is 4.79. The van der Waals surface area contributed by atoms with Gasteiger partial charge in [-0.2, -0.15) is 0 Å². The maximum absolute atomic E-state index is 4.79.